The molecule has 0 radical (unpaired) electrons. The molecule has 4 nitrogen and oxygen atoms in total. The summed E-state index contributed by atoms with van der Waals surface area (Å²) >= 11 is 0. The van der Waals surface area contributed by atoms with Gasteiger partial charge in [0.25, 0.3) is 0 Å². The van der Waals surface area contributed by atoms with E-state index >= 15 is 0 Å². The number of aliphatic hydroxyl groups is 2. The molecule has 4 heteroatoms. The molecule has 0 saturated carbocycles. The highest BCUT2D eigenvalue weighted by Gasteiger charge is 2.03. The molecule has 0 saturated heterocycles. The van der Waals surface area contributed by atoms with Gasteiger partial charge < -0.3 is 10.2 Å². The first-order valence-electron chi connectivity index (χ1n) is 9.65. The van der Waals surface area contributed by atoms with E-state index in [9.17, 15) is 9.59 Å². The lowest BCUT2D eigenvalue weighted by atomic mass is 10.1. The summed E-state index contributed by atoms with van der Waals surface area (Å²) in [6.45, 7) is 8.00. The van der Waals surface area contributed by atoms with E-state index in [1.807, 2.05) is 88.4 Å². The molecule has 0 aliphatic carbocycles. The maximum Gasteiger partial charge on any atom is 0.163 e. The van der Waals surface area contributed by atoms with Crippen LogP contribution in [0.2, 0.25) is 0 Å². The van der Waals surface area contributed by atoms with Gasteiger partial charge in [-0.25, -0.2) is 0 Å². The summed E-state index contributed by atoms with van der Waals surface area (Å²) in [5, 5.41) is 14.0. The second-order valence-electron chi connectivity index (χ2n) is 4.60. The predicted octanol–water partition coefficient (Wildman–Crippen LogP) is 5.21. The zero-order chi connectivity index (χ0) is 22.9. The van der Waals surface area contributed by atoms with Gasteiger partial charge in [-0.2, -0.15) is 0 Å². The van der Waals surface area contributed by atoms with Crippen molar-refractivity contribution in [3.05, 3.63) is 83.9 Å². The number of rotatable bonds is 6. The Kier molecular flexibility index (Phi) is 26.8. The van der Waals surface area contributed by atoms with Gasteiger partial charge in [0.1, 0.15) is 0 Å². The van der Waals surface area contributed by atoms with Crippen LogP contribution in [0.25, 0.3) is 12.2 Å². The Balaban J connectivity index is -0.000000754. The molecule has 0 aliphatic heterocycles. The van der Waals surface area contributed by atoms with Gasteiger partial charge in [0, 0.05) is 14.2 Å². The Labute approximate surface area is 176 Å². The standard InChI is InChI=1S/C19H16O2.2C2H6.2CH4O/c20-18(13-11-16-7-3-1-4-8-16)15-19(21)14-12-17-9-5-2-6-10-17;4*1-2/h1-14H,15H2;2*1-2H3;2*2H,1H3. The molecule has 0 aromatic heterocycles. The second-order valence-corrected chi connectivity index (χ2v) is 4.60. The van der Waals surface area contributed by atoms with Gasteiger partial charge in [-0.1, -0.05) is 101 Å². The summed E-state index contributed by atoms with van der Waals surface area (Å²) < 4.78 is 0. The number of aliphatic hydroxyl groups excluding tert-OH is 2. The molecule has 2 aromatic rings. The lowest BCUT2D eigenvalue weighted by Crippen LogP contribution is -2.01. The van der Waals surface area contributed by atoms with E-state index < -0.39 is 0 Å². The molecule has 0 amide bonds. The zero-order valence-electron chi connectivity index (χ0n) is 18.5. The molecule has 0 spiro atoms. The van der Waals surface area contributed by atoms with Crippen molar-refractivity contribution in [1.82, 2.24) is 0 Å². The molecule has 0 bridgehead atoms. The predicted molar refractivity (Wildman–Crippen MR) is 125 cm³/mol. The Bertz CT molecular complexity index is 600. The summed E-state index contributed by atoms with van der Waals surface area (Å²) in [4.78, 5) is 23.4. The smallest absolute Gasteiger partial charge is 0.163 e. The van der Waals surface area contributed by atoms with E-state index in [1.54, 1.807) is 12.2 Å². The number of benzene rings is 2. The Hall–Kier alpha value is -2.82. The van der Waals surface area contributed by atoms with Crippen molar-refractivity contribution < 1.29 is 19.8 Å². The van der Waals surface area contributed by atoms with Crippen molar-refractivity contribution in [3.63, 3.8) is 0 Å². The van der Waals surface area contributed by atoms with Crippen LogP contribution in [0.15, 0.2) is 72.8 Å². The van der Waals surface area contributed by atoms with Crippen LogP contribution in [0, 0.1) is 0 Å². The van der Waals surface area contributed by atoms with E-state index in [2.05, 4.69) is 0 Å². The van der Waals surface area contributed by atoms with Crippen LogP contribution < -0.4 is 0 Å². The first-order chi connectivity index (χ1) is 14.2. The zero-order valence-corrected chi connectivity index (χ0v) is 18.5. The maximum atomic E-state index is 11.7. The Morgan fingerprint density at radius 1 is 0.621 bits per heavy atom. The van der Waals surface area contributed by atoms with Crippen LogP contribution in [0.4, 0.5) is 0 Å². The van der Waals surface area contributed by atoms with Gasteiger partial charge in [-0.3, -0.25) is 9.59 Å². The van der Waals surface area contributed by atoms with E-state index in [-0.39, 0.29) is 18.0 Å². The lowest BCUT2D eigenvalue weighted by Gasteiger charge is -1.93. The third-order valence-corrected chi connectivity index (χ3v) is 2.87. The molecule has 0 heterocycles. The van der Waals surface area contributed by atoms with Crippen molar-refractivity contribution in [1.29, 1.82) is 0 Å². The number of carbonyl (C=O) groups excluding carboxylic acids is 2. The van der Waals surface area contributed by atoms with E-state index in [0.29, 0.717) is 0 Å². The number of allylic oxidation sites excluding steroid dienone is 2. The van der Waals surface area contributed by atoms with Crippen molar-refractivity contribution in [2.45, 2.75) is 34.1 Å². The fourth-order valence-electron chi connectivity index (χ4n) is 1.80. The van der Waals surface area contributed by atoms with Crippen LogP contribution >= 0.6 is 0 Å². The molecular formula is C25H36O4. The molecule has 29 heavy (non-hydrogen) atoms. The highest BCUT2D eigenvalue weighted by atomic mass is 16.2. The molecule has 0 atom stereocenters. The van der Waals surface area contributed by atoms with E-state index in [0.717, 1.165) is 25.3 Å². The highest BCUT2D eigenvalue weighted by molar-refractivity contribution is 6.10. The molecule has 0 aliphatic rings. The summed E-state index contributed by atoms with van der Waals surface area (Å²) in [5.41, 5.74) is 1.89. The topological polar surface area (TPSA) is 74.6 Å². The largest absolute Gasteiger partial charge is 0.400 e. The monoisotopic (exact) mass is 400 g/mol. The minimum absolute atomic E-state index is 0.104. The SMILES string of the molecule is CC.CC.CO.CO.O=C(C=Cc1ccccc1)CC(=O)C=Cc1ccccc1. The van der Waals surface area contributed by atoms with Crippen LogP contribution in [0.5, 0.6) is 0 Å². The van der Waals surface area contributed by atoms with Gasteiger partial charge in [-0.15, -0.1) is 0 Å². The fourth-order valence-corrected chi connectivity index (χ4v) is 1.80. The van der Waals surface area contributed by atoms with Crippen molar-refractivity contribution in [2.24, 2.45) is 0 Å². The molecular weight excluding hydrogens is 364 g/mol. The lowest BCUT2D eigenvalue weighted by molar-refractivity contribution is -0.121. The molecule has 0 unspecified atom stereocenters. The quantitative estimate of drug-likeness (QED) is 0.515. The Morgan fingerprint density at radius 2 is 0.897 bits per heavy atom. The third-order valence-electron chi connectivity index (χ3n) is 2.87. The van der Waals surface area contributed by atoms with Gasteiger partial charge in [0.2, 0.25) is 0 Å². The number of hydrogen-bond acceptors (Lipinski definition) is 4. The highest BCUT2D eigenvalue weighted by Crippen LogP contribution is 2.04. The van der Waals surface area contributed by atoms with Crippen molar-refractivity contribution in [2.75, 3.05) is 14.2 Å². The molecule has 0 fully saturated rings. The van der Waals surface area contributed by atoms with E-state index in [4.69, 9.17) is 10.2 Å². The maximum absolute atomic E-state index is 11.7. The minimum Gasteiger partial charge on any atom is -0.400 e. The molecule has 2 rings (SSSR count). The Morgan fingerprint density at radius 3 is 1.17 bits per heavy atom. The number of hydrogen-bond donors (Lipinski definition) is 2. The van der Waals surface area contributed by atoms with Gasteiger partial charge >= 0.3 is 0 Å². The van der Waals surface area contributed by atoms with Crippen LogP contribution in [0.3, 0.4) is 0 Å². The first-order valence-corrected chi connectivity index (χ1v) is 9.65. The third kappa shape index (κ3) is 18.3. The normalized spacial score (nSPS) is 8.83. The second kappa shape index (κ2) is 25.2. The van der Waals surface area contributed by atoms with Gasteiger partial charge in [0.15, 0.2) is 11.6 Å². The molecule has 160 valence electrons. The molecule has 2 N–H and O–H groups in total. The van der Waals surface area contributed by atoms with Crippen molar-refractivity contribution in [3.8, 4) is 0 Å². The first kappa shape index (κ1) is 30.9. The minimum atomic E-state index is -0.193. The average Bonchev–Trinajstić information content (AvgIpc) is 2.83. The van der Waals surface area contributed by atoms with Gasteiger partial charge in [-0.05, 0) is 23.3 Å². The van der Waals surface area contributed by atoms with Crippen LogP contribution in [0.1, 0.15) is 45.2 Å². The summed E-state index contributed by atoms with van der Waals surface area (Å²) in [6, 6.07) is 19.0. The molecule has 2 aromatic carbocycles. The summed E-state index contributed by atoms with van der Waals surface area (Å²) in [7, 11) is 2.00. The van der Waals surface area contributed by atoms with Crippen molar-refractivity contribution >= 4 is 23.7 Å². The van der Waals surface area contributed by atoms with Crippen LogP contribution in [-0.4, -0.2) is 36.0 Å². The summed E-state index contributed by atoms with van der Waals surface area (Å²) in [6.07, 6.45) is 6.23. The number of ketones is 2. The van der Waals surface area contributed by atoms with E-state index in [1.165, 1.54) is 12.2 Å². The number of carbonyl (C=O) groups is 2. The van der Waals surface area contributed by atoms with Crippen LogP contribution in [-0.2, 0) is 9.59 Å². The fraction of sp³-hybridized carbons (Fsp3) is 0.280. The summed E-state index contributed by atoms with van der Waals surface area (Å²) in [5.74, 6) is -0.386. The average molecular weight is 401 g/mol. The van der Waals surface area contributed by atoms with Gasteiger partial charge in [0.05, 0.1) is 6.42 Å².